The lowest BCUT2D eigenvalue weighted by atomic mass is 10.1. The smallest absolute Gasteiger partial charge is 0.247 e. The van der Waals surface area contributed by atoms with E-state index in [1.807, 2.05) is 81.8 Å². The number of carbonyl (C=O) groups excluding carboxylic acids is 2. The fraction of sp³-hybridized carbons (Fsp3) is 0.300. The first kappa shape index (κ1) is 59.8. The van der Waals surface area contributed by atoms with Gasteiger partial charge < -0.3 is 59.9 Å². The van der Waals surface area contributed by atoms with E-state index in [4.69, 9.17) is 36.8 Å². The number of hydrogen-bond acceptors (Lipinski definition) is 15. The number of methoxy groups -OCH3 is 2. The van der Waals surface area contributed by atoms with Crippen molar-refractivity contribution in [3.63, 3.8) is 0 Å². The third kappa shape index (κ3) is 15.4. The average Bonchev–Trinajstić information content (AvgIpc) is 4.08. The van der Waals surface area contributed by atoms with Crippen molar-refractivity contribution in [2.24, 2.45) is 14.1 Å². The van der Waals surface area contributed by atoms with Gasteiger partial charge in [-0.3, -0.25) is 9.59 Å². The molecule has 8 rings (SSSR count). The number of rotatable bonds is 23. The summed E-state index contributed by atoms with van der Waals surface area (Å²) in [4.78, 5) is 49.3. The predicted molar refractivity (Wildman–Crippen MR) is 327 cm³/mol. The molecule has 1 amide bonds. The Labute approximate surface area is 469 Å². The maximum atomic E-state index is 12.3. The van der Waals surface area contributed by atoms with Crippen molar-refractivity contribution >= 4 is 90.6 Å². The normalized spacial score (nSPS) is 10.8. The molecule has 19 heteroatoms. The minimum absolute atomic E-state index is 0.293. The van der Waals surface area contributed by atoms with E-state index in [0.29, 0.717) is 40.5 Å². The van der Waals surface area contributed by atoms with E-state index in [9.17, 15) is 9.59 Å². The SMILES string of the molecule is C=CC(=O)Cl.C=CC(=O)Nc1cc(Nc2nccc(-c3cn(C)c4ccccc34)n2)c(OC)cc1N(C)CCN(CC)CC.CCN(CC)CCN(C)c1cc(OC)c(Nc2nccc(-c3cn(C)c4ccccc34)n2)cc1N. The topological polar surface area (TPSA) is 189 Å². The van der Waals surface area contributed by atoms with Crippen LogP contribution in [0.1, 0.15) is 27.7 Å². The van der Waals surface area contributed by atoms with E-state index in [0.717, 1.165) is 120 Å². The molecule has 4 aromatic carbocycles. The largest absolute Gasteiger partial charge is 0.494 e. The molecule has 4 aromatic heterocycles. The molecule has 0 spiro atoms. The predicted octanol–water partition coefficient (Wildman–Crippen LogP) is 11.0. The van der Waals surface area contributed by atoms with Gasteiger partial charge >= 0.3 is 0 Å². The number of aromatic nitrogens is 6. The number of para-hydroxylation sites is 2. The summed E-state index contributed by atoms with van der Waals surface area (Å²) >= 11 is 4.71. The van der Waals surface area contributed by atoms with Crippen molar-refractivity contribution < 1.29 is 19.1 Å². The van der Waals surface area contributed by atoms with Gasteiger partial charge in [0.2, 0.25) is 23.0 Å². The number of hydrogen-bond donors (Lipinski definition) is 4. The number of allylic oxidation sites excluding steroid dienone is 1. The van der Waals surface area contributed by atoms with Crippen LogP contribution in [0.3, 0.4) is 0 Å². The van der Waals surface area contributed by atoms with E-state index < -0.39 is 5.24 Å². The zero-order valence-electron chi connectivity index (χ0n) is 47.2. The first-order valence-corrected chi connectivity index (χ1v) is 26.6. The maximum Gasteiger partial charge on any atom is 0.247 e. The first-order valence-electron chi connectivity index (χ1n) is 26.2. The Bertz CT molecular complexity index is 3350. The van der Waals surface area contributed by atoms with Gasteiger partial charge in [0.05, 0.1) is 59.7 Å². The molecular formula is C60H75ClN14O4. The van der Waals surface area contributed by atoms with E-state index in [2.05, 4.69) is 139 Å². The van der Waals surface area contributed by atoms with Crippen molar-refractivity contribution in [1.29, 1.82) is 0 Å². The van der Waals surface area contributed by atoms with Gasteiger partial charge in [0.15, 0.2) is 0 Å². The molecular weight excluding hydrogens is 1020 g/mol. The third-order valence-electron chi connectivity index (χ3n) is 13.5. The molecule has 4 heterocycles. The molecule has 0 aliphatic carbocycles. The number of nitrogen functional groups attached to an aromatic ring is 1. The molecule has 8 aromatic rings. The van der Waals surface area contributed by atoms with E-state index in [1.54, 1.807) is 26.6 Å². The minimum atomic E-state index is -0.509. The number of anilines is 8. The van der Waals surface area contributed by atoms with Crippen LogP contribution >= 0.6 is 11.6 Å². The molecule has 0 radical (unpaired) electrons. The quantitative estimate of drug-likeness (QED) is 0.0269. The Kier molecular flexibility index (Phi) is 21.8. The number of likely N-dealkylation sites (N-methyl/N-ethyl adjacent to an activating group) is 4. The maximum absolute atomic E-state index is 12.3. The zero-order valence-corrected chi connectivity index (χ0v) is 47.9. The summed E-state index contributed by atoms with van der Waals surface area (Å²) in [7, 11) is 11.4. The van der Waals surface area contributed by atoms with Crippen LogP contribution in [0.5, 0.6) is 11.5 Å². The van der Waals surface area contributed by atoms with Crippen LogP contribution in [-0.4, -0.2) is 131 Å². The van der Waals surface area contributed by atoms with Gasteiger partial charge in [0.1, 0.15) is 11.5 Å². The Hall–Kier alpha value is -8.45. The molecule has 0 aliphatic heterocycles. The monoisotopic (exact) mass is 1090 g/mol. The van der Waals surface area contributed by atoms with Crippen LogP contribution in [0.4, 0.5) is 46.0 Å². The molecule has 0 saturated carbocycles. The van der Waals surface area contributed by atoms with Crippen molar-refractivity contribution in [3.8, 4) is 34.0 Å². The number of benzene rings is 4. The lowest BCUT2D eigenvalue weighted by molar-refractivity contribution is -0.112. The number of carbonyl (C=O) groups is 2. The standard InChI is InChI=1S/C30H37N7O2.C27H35N7O.C3H3ClO/c1-7-29(38)32-24-18-25(28(39-6)19-27(24)35(4)16-17-37(8-2)9-3)34-30-31-15-14-23(33-30)22-20-36(5)26-13-11-10-12-21(22)26;1-6-34(7-2)15-14-32(3)25-17-26(35-5)23(16-21(25)28)31-27-29-13-12-22(30-27)20-18-33(4)24-11-9-8-10-19(20)24;1-2-3(4)5/h7,10-15,18-20H,1,8-9,16-17H2,2-6H3,(H,32,38)(H,31,33,34);8-13,16-18H,6-7,14-15,28H2,1-5H3,(H,29,30,31);2H,1H2. The molecule has 79 heavy (non-hydrogen) atoms. The number of nitrogens with two attached hydrogens (primary N) is 1. The summed E-state index contributed by atoms with van der Waals surface area (Å²) in [6.45, 7) is 22.9. The van der Waals surface area contributed by atoms with E-state index in [-0.39, 0.29) is 5.91 Å². The summed E-state index contributed by atoms with van der Waals surface area (Å²) in [5, 5.41) is 11.3. The van der Waals surface area contributed by atoms with Gasteiger partial charge in [-0.15, -0.1) is 0 Å². The average molecular weight is 1090 g/mol. The highest BCUT2D eigenvalue weighted by Crippen LogP contribution is 2.40. The highest BCUT2D eigenvalue weighted by Gasteiger charge is 2.19. The van der Waals surface area contributed by atoms with Crippen LogP contribution < -0.4 is 41.0 Å². The number of aryl methyl sites for hydroxylation is 2. The molecule has 0 bridgehead atoms. The van der Waals surface area contributed by atoms with Gasteiger partial charge in [-0.1, -0.05) is 77.3 Å². The Balaban J connectivity index is 0.000000236. The van der Waals surface area contributed by atoms with E-state index in [1.165, 1.54) is 6.08 Å². The summed E-state index contributed by atoms with van der Waals surface area (Å²) in [6.07, 6.45) is 9.96. The Morgan fingerprint density at radius 1 is 0.633 bits per heavy atom. The molecule has 0 saturated heterocycles. The Morgan fingerprint density at radius 2 is 1.06 bits per heavy atom. The highest BCUT2D eigenvalue weighted by atomic mass is 35.5. The molecule has 416 valence electrons. The lowest BCUT2D eigenvalue weighted by Crippen LogP contribution is -2.33. The molecule has 0 atom stereocenters. The van der Waals surface area contributed by atoms with Gasteiger partial charge in [-0.2, -0.15) is 0 Å². The number of fused-ring (bicyclic) bond motifs is 2. The number of amides is 1. The van der Waals surface area contributed by atoms with Crippen molar-refractivity contribution in [2.45, 2.75) is 27.7 Å². The van der Waals surface area contributed by atoms with Crippen molar-refractivity contribution in [1.82, 2.24) is 38.9 Å². The van der Waals surface area contributed by atoms with Gasteiger partial charge in [0.25, 0.3) is 0 Å². The van der Waals surface area contributed by atoms with E-state index >= 15 is 0 Å². The van der Waals surface area contributed by atoms with Gasteiger partial charge in [-0.05, 0) is 86.3 Å². The summed E-state index contributed by atoms with van der Waals surface area (Å²) in [5.41, 5.74) is 16.9. The molecule has 5 N–H and O–H groups in total. The highest BCUT2D eigenvalue weighted by molar-refractivity contribution is 6.66. The molecule has 0 aliphatic rings. The van der Waals surface area contributed by atoms with Crippen molar-refractivity contribution in [3.05, 3.63) is 135 Å². The second-order valence-electron chi connectivity index (χ2n) is 18.4. The van der Waals surface area contributed by atoms with Gasteiger partial charge in [-0.25, -0.2) is 19.9 Å². The summed E-state index contributed by atoms with van der Waals surface area (Å²) in [6, 6.07) is 28.0. The minimum Gasteiger partial charge on any atom is -0.494 e. The summed E-state index contributed by atoms with van der Waals surface area (Å²) in [5.74, 6) is 1.90. The fourth-order valence-electron chi connectivity index (χ4n) is 8.99. The zero-order chi connectivity index (χ0) is 57.2. The van der Waals surface area contributed by atoms with Gasteiger partial charge in [0, 0.05) is 124 Å². The van der Waals surface area contributed by atoms with Crippen LogP contribution in [0.2, 0.25) is 0 Å². The number of halogens is 1. The first-order chi connectivity index (χ1) is 38.1. The second-order valence-corrected chi connectivity index (χ2v) is 18.8. The number of nitrogens with zero attached hydrogens (tertiary/aromatic N) is 10. The van der Waals surface area contributed by atoms with Crippen LogP contribution in [0.25, 0.3) is 44.3 Å². The third-order valence-corrected chi connectivity index (χ3v) is 13.7. The lowest BCUT2D eigenvalue weighted by Gasteiger charge is -2.27. The van der Waals surface area contributed by atoms with Crippen LogP contribution in [0, 0.1) is 0 Å². The number of ether oxygens (including phenoxy) is 2. The molecule has 0 fully saturated rings. The number of nitrogens with one attached hydrogen (secondary N) is 3. The van der Waals surface area contributed by atoms with Crippen LogP contribution in [-0.2, 0) is 23.7 Å². The Morgan fingerprint density at radius 3 is 1.49 bits per heavy atom. The second kappa shape index (κ2) is 28.8. The molecule has 0 unspecified atom stereocenters. The summed E-state index contributed by atoms with van der Waals surface area (Å²) < 4.78 is 15.6. The van der Waals surface area contributed by atoms with Crippen LogP contribution in [0.15, 0.2) is 135 Å². The fourth-order valence-corrected chi connectivity index (χ4v) is 8.99. The van der Waals surface area contributed by atoms with Crippen molar-refractivity contribution in [2.75, 3.05) is 112 Å². The molecule has 18 nitrogen and oxygen atoms in total.